The molecule has 0 saturated heterocycles. The molecule has 0 unspecified atom stereocenters. The van der Waals surface area contributed by atoms with Crippen LogP contribution in [-0.2, 0) is 16.1 Å². The third kappa shape index (κ3) is 3.61. The molecule has 1 aliphatic heterocycles. The summed E-state index contributed by atoms with van der Waals surface area (Å²) in [5.74, 6) is -0.633. The molecule has 2 atom stereocenters. The number of hydrogen-bond donors (Lipinski definition) is 1. The van der Waals surface area contributed by atoms with Crippen LogP contribution in [0.2, 0.25) is 0 Å². The summed E-state index contributed by atoms with van der Waals surface area (Å²) in [5.41, 5.74) is 1.13. The molecule has 6 nitrogen and oxygen atoms in total. The summed E-state index contributed by atoms with van der Waals surface area (Å²) in [6.45, 7) is 9.15. The van der Waals surface area contributed by atoms with Gasteiger partial charge in [0, 0.05) is 31.5 Å². The number of hydrogen-bond acceptors (Lipinski definition) is 3. The molecule has 1 aliphatic rings. The van der Waals surface area contributed by atoms with E-state index in [9.17, 15) is 9.59 Å². The number of amides is 2. The number of aromatic nitrogens is 1. The number of carbonyl (C=O) groups is 2. The molecule has 2 heterocycles. The van der Waals surface area contributed by atoms with Crippen molar-refractivity contribution >= 4 is 12.0 Å². The van der Waals surface area contributed by atoms with Crippen LogP contribution in [0.25, 0.3) is 0 Å². The molecule has 1 N–H and O–H groups in total. The van der Waals surface area contributed by atoms with Gasteiger partial charge in [0.2, 0.25) is 0 Å². The Balaban J connectivity index is 1.87. The van der Waals surface area contributed by atoms with Crippen molar-refractivity contribution in [2.45, 2.75) is 46.4 Å². The second-order valence-corrected chi connectivity index (χ2v) is 6.07. The van der Waals surface area contributed by atoms with E-state index in [1.165, 1.54) is 0 Å². The van der Waals surface area contributed by atoms with Crippen molar-refractivity contribution in [1.82, 2.24) is 14.8 Å². The van der Waals surface area contributed by atoms with E-state index in [1.807, 2.05) is 39.1 Å². The van der Waals surface area contributed by atoms with Crippen molar-refractivity contribution in [3.8, 4) is 0 Å². The molecular formula is C16H25N3O3. The number of nitrogens with one attached hydrogen (secondary N) is 1. The molecule has 1 aromatic rings. The lowest BCUT2D eigenvalue weighted by Gasteiger charge is -2.35. The van der Waals surface area contributed by atoms with E-state index in [0.717, 1.165) is 12.2 Å². The molecule has 0 fully saturated rings. The molecule has 2 rings (SSSR count). The predicted octanol–water partition coefficient (Wildman–Crippen LogP) is 2.16. The van der Waals surface area contributed by atoms with Crippen molar-refractivity contribution in [2.75, 3.05) is 13.1 Å². The van der Waals surface area contributed by atoms with Gasteiger partial charge in [0.05, 0.1) is 18.1 Å². The SMILES string of the molecule is CC(C)OC(=O)[C@@H](C)CNC(=O)N1CCn2cccc2[C@H]1C. The third-order valence-corrected chi connectivity index (χ3v) is 3.92. The maximum absolute atomic E-state index is 12.3. The lowest BCUT2D eigenvalue weighted by atomic mass is 10.1. The second kappa shape index (κ2) is 6.85. The molecule has 2 amide bonds. The highest BCUT2D eigenvalue weighted by molar-refractivity contribution is 5.77. The van der Waals surface area contributed by atoms with Gasteiger partial charge in [-0.3, -0.25) is 4.79 Å². The Kier molecular flexibility index (Phi) is 5.11. The fourth-order valence-electron chi connectivity index (χ4n) is 2.63. The van der Waals surface area contributed by atoms with Crippen molar-refractivity contribution < 1.29 is 14.3 Å². The molecule has 122 valence electrons. The van der Waals surface area contributed by atoms with Gasteiger partial charge in [0.15, 0.2) is 0 Å². The van der Waals surface area contributed by atoms with Gasteiger partial charge in [-0.1, -0.05) is 6.92 Å². The zero-order valence-corrected chi connectivity index (χ0v) is 13.7. The van der Waals surface area contributed by atoms with Crippen molar-refractivity contribution in [3.05, 3.63) is 24.0 Å². The van der Waals surface area contributed by atoms with Crippen molar-refractivity contribution in [3.63, 3.8) is 0 Å². The normalized spacial score (nSPS) is 18.8. The van der Waals surface area contributed by atoms with Gasteiger partial charge in [-0.25, -0.2) is 4.79 Å². The first-order valence-corrected chi connectivity index (χ1v) is 7.80. The number of carbonyl (C=O) groups excluding carboxylic acids is 2. The van der Waals surface area contributed by atoms with Crippen LogP contribution in [0, 0.1) is 5.92 Å². The summed E-state index contributed by atoms with van der Waals surface area (Å²) >= 11 is 0. The molecule has 0 radical (unpaired) electrons. The Morgan fingerprint density at radius 2 is 2.09 bits per heavy atom. The molecule has 0 saturated carbocycles. The van der Waals surface area contributed by atoms with Gasteiger partial charge in [-0.2, -0.15) is 0 Å². The topological polar surface area (TPSA) is 63.6 Å². The quantitative estimate of drug-likeness (QED) is 0.867. The van der Waals surface area contributed by atoms with Crippen LogP contribution in [0.3, 0.4) is 0 Å². The highest BCUT2D eigenvalue weighted by Crippen LogP contribution is 2.25. The van der Waals surface area contributed by atoms with Crippen LogP contribution in [0.5, 0.6) is 0 Å². The molecule has 0 aliphatic carbocycles. The number of ether oxygens (including phenoxy) is 1. The zero-order chi connectivity index (χ0) is 16.3. The minimum Gasteiger partial charge on any atom is -0.463 e. The molecule has 0 bridgehead atoms. The van der Waals surface area contributed by atoms with Crippen LogP contribution >= 0.6 is 0 Å². The highest BCUT2D eigenvalue weighted by atomic mass is 16.5. The van der Waals surface area contributed by atoms with Crippen LogP contribution in [-0.4, -0.2) is 40.7 Å². The lowest BCUT2D eigenvalue weighted by Crippen LogP contribution is -2.47. The largest absolute Gasteiger partial charge is 0.463 e. The molecule has 0 aromatic carbocycles. The van der Waals surface area contributed by atoms with E-state index >= 15 is 0 Å². The first-order chi connectivity index (χ1) is 10.4. The fourth-order valence-corrected chi connectivity index (χ4v) is 2.63. The summed E-state index contributed by atoms with van der Waals surface area (Å²) in [6, 6.07) is 3.93. The average molecular weight is 307 g/mol. The van der Waals surface area contributed by atoms with Gasteiger partial charge < -0.3 is 19.5 Å². The first-order valence-electron chi connectivity index (χ1n) is 7.80. The second-order valence-electron chi connectivity index (χ2n) is 6.07. The fraction of sp³-hybridized carbons (Fsp3) is 0.625. The van der Waals surface area contributed by atoms with Gasteiger partial charge in [-0.05, 0) is 32.9 Å². The third-order valence-electron chi connectivity index (χ3n) is 3.92. The van der Waals surface area contributed by atoms with E-state index in [4.69, 9.17) is 4.74 Å². The minimum absolute atomic E-state index is 0.0293. The summed E-state index contributed by atoms with van der Waals surface area (Å²) in [5, 5.41) is 2.84. The molecular weight excluding hydrogens is 282 g/mol. The summed E-state index contributed by atoms with van der Waals surface area (Å²) < 4.78 is 7.30. The van der Waals surface area contributed by atoms with E-state index in [-0.39, 0.29) is 36.6 Å². The van der Waals surface area contributed by atoms with Crippen LogP contribution in [0.15, 0.2) is 18.3 Å². The Labute approximate surface area is 131 Å². The Hall–Kier alpha value is -1.98. The average Bonchev–Trinajstić information content (AvgIpc) is 2.93. The standard InChI is InChI=1S/C16H25N3O3/c1-11(2)22-15(20)12(3)10-17-16(21)19-9-8-18-7-5-6-14(18)13(19)4/h5-7,11-13H,8-10H2,1-4H3,(H,17,21)/t12-,13+/m0/s1. The predicted molar refractivity (Wildman–Crippen MR) is 83.3 cm³/mol. The molecule has 1 aromatic heterocycles. The summed E-state index contributed by atoms with van der Waals surface area (Å²) in [7, 11) is 0. The van der Waals surface area contributed by atoms with Gasteiger partial charge in [0.1, 0.15) is 0 Å². The summed E-state index contributed by atoms with van der Waals surface area (Å²) in [4.78, 5) is 25.9. The van der Waals surface area contributed by atoms with E-state index < -0.39 is 0 Å². The van der Waals surface area contributed by atoms with Crippen LogP contribution in [0.1, 0.15) is 39.4 Å². The maximum Gasteiger partial charge on any atom is 0.318 e. The smallest absolute Gasteiger partial charge is 0.318 e. The number of esters is 1. The number of urea groups is 1. The highest BCUT2D eigenvalue weighted by Gasteiger charge is 2.28. The Bertz CT molecular complexity index is 538. The van der Waals surface area contributed by atoms with Gasteiger partial charge in [-0.15, -0.1) is 0 Å². The molecule has 0 spiro atoms. The number of nitrogens with zero attached hydrogens (tertiary/aromatic N) is 2. The van der Waals surface area contributed by atoms with Crippen molar-refractivity contribution in [1.29, 1.82) is 0 Å². The monoisotopic (exact) mass is 307 g/mol. The first kappa shape index (κ1) is 16.4. The Morgan fingerprint density at radius 3 is 2.77 bits per heavy atom. The number of fused-ring (bicyclic) bond motifs is 1. The van der Waals surface area contributed by atoms with E-state index in [1.54, 1.807) is 11.8 Å². The lowest BCUT2D eigenvalue weighted by molar-refractivity contribution is -0.151. The summed E-state index contributed by atoms with van der Waals surface area (Å²) in [6.07, 6.45) is 1.89. The number of rotatable bonds is 4. The van der Waals surface area contributed by atoms with E-state index in [2.05, 4.69) is 9.88 Å². The van der Waals surface area contributed by atoms with Crippen molar-refractivity contribution in [2.24, 2.45) is 5.92 Å². The Morgan fingerprint density at radius 1 is 1.36 bits per heavy atom. The van der Waals surface area contributed by atoms with Crippen LogP contribution in [0.4, 0.5) is 4.79 Å². The molecule has 6 heteroatoms. The van der Waals surface area contributed by atoms with E-state index in [0.29, 0.717) is 6.54 Å². The van der Waals surface area contributed by atoms with Gasteiger partial charge in [0.25, 0.3) is 0 Å². The zero-order valence-electron chi connectivity index (χ0n) is 13.7. The molecule has 22 heavy (non-hydrogen) atoms. The minimum atomic E-state index is -0.352. The maximum atomic E-state index is 12.3. The van der Waals surface area contributed by atoms with Gasteiger partial charge >= 0.3 is 12.0 Å². The van der Waals surface area contributed by atoms with Crippen LogP contribution < -0.4 is 5.32 Å².